The lowest BCUT2D eigenvalue weighted by Gasteiger charge is -2.22. The summed E-state index contributed by atoms with van der Waals surface area (Å²) in [5, 5.41) is 16.0. The van der Waals surface area contributed by atoms with Crippen LogP contribution in [0.15, 0.2) is 12.3 Å². The molecule has 2 atom stereocenters. The number of nitrogens with zero attached hydrogens (tertiary/aromatic N) is 3. The van der Waals surface area contributed by atoms with Gasteiger partial charge in [-0.25, -0.2) is 9.97 Å². The van der Waals surface area contributed by atoms with Crippen LogP contribution >= 0.6 is 11.3 Å². The normalized spacial score (nSPS) is 19.9. The smallest absolute Gasteiger partial charge is 0.280 e. The number of amides is 2. The first-order valence-corrected chi connectivity index (χ1v) is 11.9. The summed E-state index contributed by atoms with van der Waals surface area (Å²) in [6, 6.07) is 1.96. The van der Waals surface area contributed by atoms with E-state index in [-0.39, 0.29) is 28.2 Å². The van der Waals surface area contributed by atoms with Crippen LogP contribution in [0.1, 0.15) is 84.3 Å². The van der Waals surface area contributed by atoms with E-state index < -0.39 is 24.9 Å². The fraction of sp³-hybridized carbons (Fsp3) is 0.583. The molecule has 9 heteroatoms. The Kier molecular flexibility index (Phi) is 5.98. The number of likely N-dealkylation sites (tertiary alicyclic amines) is 1. The molecule has 2 aromatic heterocycles. The van der Waals surface area contributed by atoms with Crippen molar-refractivity contribution in [2.45, 2.75) is 78.4 Å². The lowest BCUT2D eigenvalue weighted by molar-refractivity contribution is 0.0692. The first-order chi connectivity index (χ1) is 16.5. The van der Waals surface area contributed by atoms with Crippen LogP contribution in [0.5, 0.6) is 0 Å². The Morgan fingerprint density at radius 1 is 1.36 bits per heavy atom. The molecule has 1 aliphatic rings. The van der Waals surface area contributed by atoms with Crippen molar-refractivity contribution in [2.24, 2.45) is 0 Å². The van der Waals surface area contributed by atoms with Gasteiger partial charge in [0.05, 0.1) is 10.5 Å². The van der Waals surface area contributed by atoms with Gasteiger partial charge in [-0.2, -0.15) is 0 Å². The highest BCUT2D eigenvalue weighted by Crippen LogP contribution is 2.35. The molecule has 1 aliphatic heterocycles. The second kappa shape index (κ2) is 9.38. The van der Waals surface area contributed by atoms with Crippen molar-refractivity contribution < 1.29 is 18.8 Å². The van der Waals surface area contributed by atoms with E-state index in [4.69, 9.17) is 4.11 Å². The molecular formula is C24H35N5O3S. The van der Waals surface area contributed by atoms with Crippen LogP contribution in [0.2, 0.25) is 0 Å². The van der Waals surface area contributed by atoms with E-state index in [1.54, 1.807) is 11.1 Å². The van der Waals surface area contributed by atoms with Gasteiger partial charge in [0.15, 0.2) is 5.01 Å². The van der Waals surface area contributed by atoms with Crippen LogP contribution in [-0.4, -0.2) is 62.1 Å². The number of aliphatic hydroxyl groups is 1. The topological polar surface area (TPSA) is 107 Å². The third-order valence-electron chi connectivity index (χ3n) is 5.29. The molecule has 0 saturated carbocycles. The van der Waals surface area contributed by atoms with E-state index in [9.17, 15) is 14.7 Å². The molecule has 1 unspecified atom stereocenters. The number of carbonyl (C=O) groups is 2. The second-order valence-electron chi connectivity index (χ2n) is 9.90. The molecule has 0 bridgehead atoms. The Hall–Kier alpha value is -2.52. The van der Waals surface area contributed by atoms with Crippen LogP contribution in [0.4, 0.5) is 5.82 Å². The highest BCUT2D eigenvalue weighted by molar-refractivity contribution is 7.17. The molecule has 33 heavy (non-hydrogen) atoms. The van der Waals surface area contributed by atoms with E-state index in [0.717, 1.165) is 36.7 Å². The molecule has 0 spiro atoms. The summed E-state index contributed by atoms with van der Waals surface area (Å²) in [7, 11) is 0. The number of aryl methyl sites for hydroxylation is 1. The van der Waals surface area contributed by atoms with Gasteiger partial charge >= 0.3 is 0 Å². The standard InChI is InChI=1S/C24H35N5O3S/c1-14-11-17(28-23(3,4)5)25-12-16(14)19-18(22(31)29-10-8-9-15(29)2)27-21(33-19)20(30)26-13-24(6,7)32/h11-12,15,32H,8-10,13H2,1-7H3,(H,25,28)(H,26,30)/t15-/m0/s1/i6D3/t15-,24?. The summed E-state index contributed by atoms with van der Waals surface area (Å²) >= 11 is 1.05. The van der Waals surface area contributed by atoms with Gasteiger partial charge in [-0.15, -0.1) is 11.3 Å². The number of nitrogens with one attached hydrogen (secondary N) is 2. The molecule has 3 rings (SSSR count). The molecular weight excluding hydrogens is 438 g/mol. The van der Waals surface area contributed by atoms with E-state index in [0.29, 0.717) is 22.8 Å². The number of aromatic nitrogens is 2. The Bertz CT molecular complexity index is 1140. The minimum absolute atomic E-state index is 0.0119. The van der Waals surface area contributed by atoms with Gasteiger partial charge in [0.25, 0.3) is 11.8 Å². The molecule has 2 amide bonds. The summed E-state index contributed by atoms with van der Waals surface area (Å²) in [5.74, 6) is -0.217. The zero-order valence-corrected chi connectivity index (χ0v) is 20.9. The van der Waals surface area contributed by atoms with E-state index in [2.05, 4.69) is 20.6 Å². The lowest BCUT2D eigenvalue weighted by atomic mass is 10.1. The van der Waals surface area contributed by atoms with Gasteiger partial charge in [0, 0.05) is 40.5 Å². The van der Waals surface area contributed by atoms with Gasteiger partial charge in [0.2, 0.25) is 0 Å². The zero-order chi connectivity index (χ0) is 27.1. The maximum Gasteiger partial charge on any atom is 0.280 e. The summed E-state index contributed by atoms with van der Waals surface area (Å²) < 4.78 is 22.4. The summed E-state index contributed by atoms with van der Waals surface area (Å²) in [5.41, 5.74) is -0.567. The molecule has 1 saturated heterocycles. The van der Waals surface area contributed by atoms with Crippen LogP contribution in [-0.2, 0) is 0 Å². The first-order valence-electron chi connectivity index (χ1n) is 12.6. The summed E-state index contributed by atoms with van der Waals surface area (Å²) in [6.07, 6.45) is 3.47. The Balaban J connectivity index is 1.98. The fourth-order valence-corrected chi connectivity index (χ4v) is 4.74. The second-order valence-corrected chi connectivity index (χ2v) is 10.9. The van der Waals surface area contributed by atoms with Gasteiger partial charge in [-0.1, -0.05) is 0 Å². The SMILES string of the molecule is [2H]C([2H])([2H])C(C)(O)CNC(=O)c1nc(C(=O)N2CCC[C@@H]2C)c(-c2cnc(NC(C)(C)C)cc2C)s1. The van der Waals surface area contributed by atoms with Crippen molar-refractivity contribution in [2.75, 3.05) is 18.4 Å². The molecule has 180 valence electrons. The first kappa shape index (κ1) is 21.0. The average molecular weight is 477 g/mol. The van der Waals surface area contributed by atoms with Crippen LogP contribution < -0.4 is 10.6 Å². The van der Waals surface area contributed by atoms with Crippen molar-refractivity contribution in [3.05, 3.63) is 28.5 Å². The Morgan fingerprint density at radius 3 is 2.67 bits per heavy atom. The van der Waals surface area contributed by atoms with Crippen molar-refractivity contribution in [3.8, 4) is 10.4 Å². The number of rotatable bonds is 6. The monoisotopic (exact) mass is 476 g/mol. The predicted molar refractivity (Wildman–Crippen MR) is 132 cm³/mol. The summed E-state index contributed by atoms with van der Waals surface area (Å²) in [4.78, 5) is 37.6. The van der Waals surface area contributed by atoms with Gasteiger partial charge < -0.3 is 20.6 Å². The quantitative estimate of drug-likeness (QED) is 0.585. The van der Waals surface area contributed by atoms with E-state index in [1.807, 2.05) is 40.7 Å². The molecule has 1 fully saturated rings. The maximum atomic E-state index is 13.5. The van der Waals surface area contributed by atoms with Gasteiger partial charge in [0.1, 0.15) is 11.5 Å². The summed E-state index contributed by atoms with van der Waals surface area (Å²) in [6.45, 7) is 8.58. The third kappa shape index (κ3) is 6.29. The van der Waals surface area contributed by atoms with Crippen molar-refractivity contribution >= 4 is 29.0 Å². The molecule has 3 heterocycles. The van der Waals surface area contributed by atoms with Crippen LogP contribution in [0, 0.1) is 6.92 Å². The molecule has 0 aromatic carbocycles. The van der Waals surface area contributed by atoms with Crippen molar-refractivity contribution in [3.63, 3.8) is 0 Å². The third-order valence-corrected chi connectivity index (χ3v) is 6.38. The molecule has 0 aliphatic carbocycles. The minimum atomic E-state index is -2.67. The number of carbonyl (C=O) groups excluding carboxylic acids is 2. The highest BCUT2D eigenvalue weighted by Gasteiger charge is 2.32. The van der Waals surface area contributed by atoms with Gasteiger partial charge in [-0.3, -0.25) is 9.59 Å². The Labute approximate surface area is 204 Å². The number of thiazole rings is 1. The fourth-order valence-electron chi connectivity index (χ4n) is 3.69. The highest BCUT2D eigenvalue weighted by atomic mass is 32.1. The number of hydrogen-bond acceptors (Lipinski definition) is 7. The van der Waals surface area contributed by atoms with E-state index >= 15 is 0 Å². The van der Waals surface area contributed by atoms with E-state index in [1.165, 1.54) is 0 Å². The van der Waals surface area contributed by atoms with Crippen molar-refractivity contribution in [1.82, 2.24) is 20.2 Å². The minimum Gasteiger partial charge on any atom is -0.389 e. The lowest BCUT2D eigenvalue weighted by Crippen LogP contribution is -2.38. The van der Waals surface area contributed by atoms with Crippen LogP contribution in [0.25, 0.3) is 10.4 Å². The molecule has 8 nitrogen and oxygen atoms in total. The van der Waals surface area contributed by atoms with Crippen LogP contribution in [0.3, 0.4) is 0 Å². The molecule has 2 aromatic rings. The maximum absolute atomic E-state index is 13.5. The number of hydrogen-bond donors (Lipinski definition) is 3. The van der Waals surface area contributed by atoms with Gasteiger partial charge in [-0.05, 0) is 72.9 Å². The molecule has 3 N–H and O–H groups in total. The average Bonchev–Trinajstić information content (AvgIpc) is 3.36. The number of pyridine rings is 1. The predicted octanol–water partition coefficient (Wildman–Crippen LogP) is 3.85. The number of anilines is 1. The molecule has 0 radical (unpaired) electrons. The van der Waals surface area contributed by atoms with Crippen molar-refractivity contribution in [1.29, 1.82) is 0 Å². The largest absolute Gasteiger partial charge is 0.389 e. The zero-order valence-electron chi connectivity index (χ0n) is 23.1. The Morgan fingerprint density at radius 2 is 2.09 bits per heavy atom.